The number of carbonyl (C=O) groups is 1. The van der Waals surface area contributed by atoms with Gasteiger partial charge in [-0.05, 0) is 41.9 Å². The molecule has 1 amide bonds. The Morgan fingerprint density at radius 2 is 1.87 bits per heavy atom. The maximum Gasteiger partial charge on any atom is 0.277 e. The molecule has 0 aliphatic heterocycles. The van der Waals surface area contributed by atoms with Gasteiger partial charge in [-0.3, -0.25) is 4.79 Å². The van der Waals surface area contributed by atoms with Crippen LogP contribution in [-0.4, -0.2) is 18.7 Å². The SMILES string of the molecule is CC(C)(C)c1ccc(OCC(=O)N/N=C\C2CCCCC2)cc1. The number of carbonyl (C=O) groups excluding carboxylic acids is 1. The summed E-state index contributed by atoms with van der Waals surface area (Å²) in [6.07, 6.45) is 8.07. The van der Waals surface area contributed by atoms with E-state index in [0.717, 1.165) is 0 Å². The maximum absolute atomic E-state index is 11.7. The van der Waals surface area contributed by atoms with Gasteiger partial charge in [0.15, 0.2) is 6.61 Å². The molecule has 4 heteroatoms. The smallest absolute Gasteiger partial charge is 0.277 e. The van der Waals surface area contributed by atoms with Crippen LogP contribution in [0.2, 0.25) is 0 Å². The highest BCUT2D eigenvalue weighted by atomic mass is 16.5. The van der Waals surface area contributed by atoms with E-state index in [1.807, 2.05) is 30.5 Å². The Kier molecular flexibility index (Phi) is 6.20. The second-order valence-electron chi connectivity index (χ2n) is 7.27. The minimum Gasteiger partial charge on any atom is -0.484 e. The molecule has 2 rings (SSSR count). The predicted molar refractivity (Wildman–Crippen MR) is 93.8 cm³/mol. The quantitative estimate of drug-likeness (QED) is 0.658. The summed E-state index contributed by atoms with van der Waals surface area (Å²) in [6.45, 7) is 6.48. The van der Waals surface area contributed by atoms with E-state index in [9.17, 15) is 4.79 Å². The molecule has 0 radical (unpaired) electrons. The van der Waals surface area contributed by atoms with Gasteiger partial charge in [0.25, 0.3) is 5.91 Å². The Labute approximate surface area is 139 Å². The van der Waals surface area contributed by atoms with Crippen molar-refractivity contribution in [1.82, 2.24) is 5.43 Å². The van der Waals surface area contributed by atoms with Crippen LogP contribution >= 0.6 is 0 Å². The molecule has 4 nitrogen and oxygen atoms in total. The van der Waals surface area contributed by atoms with Crippen LogP contribution < -0.4 is 10.2 Å². The zero-order chi connectivity index (χ0) is 16.7. The number of nitrogens with zero attached hydrogens (tertiary/aromatic N) is 1. The molecule has 126 valence electrons. The third-order valence-corrected chi connectivity index (χ3v) is 4.21. The van der Waals surface area contributed by atoms with Gasteiger partial charge in [-0.1, -0.05) is 52.2 Å². The second-order valence-corrected chi connectivity index (χ2v) is 7.27. The van der Waals surface area contributed by atoms with Gasteiger partial charge in [0, 0.05) is 6.21 Å². The summed E-state index contributed by atoms with van der Waals surface area (Å²) in [6, 6.07) is 7.88. The highest BCUT2D eigenvalue weighted by Gasteiger charge is 2.13. The first-order chi connectivity index (χ1) is 10.9. The molecule has 23 heavy (non-hydrogen) atoms. The van der Waals surface area contributed by atoms with Crippen LogP contribution in [-0.2, 0) is 10.2 Å². The summed E-state index contributed by atoms with van der Waals surface area (Å²) in [5, 5.41) is 4.05. The fourth-order valence-electron chi connectivity index (χ4n) is 2.73. The molecule has 1 aliphatic rings. The maximum atomic E-state index is 11.7. The minimum absolute atomic E-state index is 0.0170. The van der Waals surface area contributed by atoms with Crippen molar-refractivity contribution < 1.29 is 9.53 Å². The van der Waals surface area contributed by atoms with E-state index in [1.54, 1.807) is 0 Å². The van der Waals surface area contributed by atoms with Crippen molar-refractivity contribution in [2.24, 2.45) is 11.0 Å². The van der Waals surface area contributed by atoms with Crippen molar-refractivity contribution in [3.05, 3.63) is 29.8 Å². The molecule has 0 spiro atoms. The van der Waals surface area contributed by atoms with E-state index < -0.39 is 0 Å². The first-order valence-corrected chi connectivity index (χ1v) is 8.50. The summed E-state index contributed by atoms with van der Waals surface area (Å²) in [5.74, 6) is 0.983. The Balaban J connectivity index is 1.72. The number of rotatable bonds is 5. The summed E-state index contributed by atoms with van der Waals surface area (Å²) < 4.78 is 5.49. The highest BCUT2D eigenvalue weighted by Crippen LogP contribution is 2.24. The molecule has 1 aromatic carbocycles. The highest BCUT2D eigenvalue weighted by molar-refractivity contribution is 5.78. The molecule has 0 aromatic heterocycles. The normalized spacial score (nSPS) is 16.5. The van der Waals surface area contributed by atoms with Gasteiger partial charge in [0.2, 0.25) is 0 Å². The van der Waals surface area contributed by atoms with Gasteiger partial charge in [0.05, 0.1) is 0 Å². The standard InChI is InChI=1S/C19H28N2O2/c1-19(2,3)16-9-11-17(12-10-16)23-14-18(22)21-20-13-15-7-5-4-6-8-15/h9-13,15H,4-8,14H2,1-3H3,(H,21,22)/b20-13-. The molecule has 0 atom stereocenters. The Morgan fingerprint density at radius 3 is 2.48 bits per heavy atom. The van der Waals surface area contributed by atoms with Crippen molar-refractivity contribution >= 4 is 12.1 Å². The first-order valence-electron chi connectivity index (χ1n) is 8.50. The first kappa shape index (κ1) is 17.5. The fraction of sp³-hybridized carbons (Fsp3) is 0.579. The Hall–Kier alpha value is -1.84. The Morgan fingerprint density at radius 1 is 1.22 bits per heavy atom. The van der Waals surface area contributed by atoms with Crippen LogP contribution in [0, 0.1) is 5.92 Å². The third-order valence-electron chi connectivity index (χ3n) is 4.21. The van der Waals surface area contributed by atoms with Gasteiger partial charge in [0.1, 0.15) is 5.75 Å². The molecular formula is C19H28N2O2. The van der Waals surface area contributed by atoms with Crippen molar-refractivity contribution in [3.63, 3.8) is 0 Å². The van der Waals surface area contributed by atoms with Crippen LogP contribution in [0.15, 0.2) is 29.4 Å². The number of nitrogens with one attached hydrogen (secondary N) is 1. The molecule has 1 aromatic rings. The second kappa shape index (κ2) is 8.14. The number of ether oxygens (including phenoxy) is 1. The zero-order valence-corrected chi connectivity index (χ0v) is 14.5. The molecule has 1 fully saturated rings. The van der Waals surface area contributed by atoms with E-state index in [0.29, 0.717) is 11.7 Å². The van der Waals surface area contributed by atoms with Crippen molar-refractivity contribution in [1.29, 1.82) is 0 Å². The van der Waals surface area contributed by atoms with E-state index in [1.165, 1.54) is 37.7 Å². The molecule has 1 saturated carbocycles. The lowest BCUT2D eigenvalue weighted by atomic mass is 9.87. The Bertz CT molecular complexity index is 523. The number of hydrazone groups is 1. The van der Waals surface area contributed by atoms with Gasteiger partial charge < -0.3 is 4.74 Å². The molecule has 0 saturated heterocycles. The van der Waals surface area contributed by atoms with E-state index >= 15 is 0 Å². The lowest BCUT2D eigenvalue weighted by Gasteiger charge is -2.19. The van der Waals surface area contributed by atoms with Crippen LogP contribution in [0.4, 0.5) is 0 Å². The van der Waals surface area contributed by atoms with Gasteiger partial charge >= 0.3 is 0 Å². The third kappa shape index (κ3) is 6.05. The zero-order valence-electron chi connectivity index (χ0n) is 14.5. The van der Waals surface area contributed by atoms with Gasteiger partial charge in [-0.15, -0.1) is 0 Å². The van der Waals surface area contributed by atoms with Gasteiger partial charge in [-0.2, -0.15) is 5.10 Å². The molecular weight excluding hydrogens is 288 g/mol. The minimum atomic E-state index is -0.225. The molecule has 1 aliphatic carbocycles. The molecule has 0 bridgehead atoms. The van der Waals surface area contributed by atoms with E-state index in [4.69, 9.17) is 4.74 Å². The van der Waals surface area contributed by atoms with Crippen LogP contribution in [0.5, 0.6) is 5.75 Å². The van der Waals surface area contributed by atoms with Crippen LogP contribution in [0.3, 0.4) is 0 Å². The number of hydrogen-bond acceptors (Lipinski definition) is 3. The van der Waals surface area contributed by atoms with E-state index in [2.05, 4.69) is 31.3 Å². The van der Waals surface area contributed by atoms with Crippen LogP contribution in [0.1, 0.15) is 58.4 Å². The monoisotopic (exact) mass is 316 g/mol. The lowest BCUT2D eigenvalue weighted by Crippen LogP contribution is -2.25. The van der Waals surface area contributed by atoms with Crippen molar-refractivity contribution in [2.75, 3.05) is 6.61 Å². The average Bonchev–Trinajstić information content (AvgIpc) is 2.53. The summed E-state index contributed by atoms with van der Waals surface area (Å²) in [5.41, 5.74) is 3.90. The number of amides is 1. The molecule has 1 N–H and O–H groups in total. The van der Waals surface area contributed by atoms with Crippen molar-refractivity contribution in [2.45, 2.75) is 58.3 Å². The van der Waals surface area contributed by atoms with Gasteiger partial charge in [-0.25, -0.2) is 5.43 Å². The van der Waals surface area contributed by atoms with E-state index in [-0.39, 0.29) is 17.9 Å². The van der Waals surface area contributed by atoms with Crippen molar-refractivity contribution in [3.8, 4) is 5.75 Å². The summed E-state index contributed by atoms with van der Waals surface area (Å²) in [7, 11) is 0. The van der Waals surface area contributed by atoms with Crippen LogP contribution in [0.25, 0.3) is 0 Å². The topological polar surface area (TPSA) is 50.7 Å². The summed E-state index contributed by atoms with van der Waals surface area (Å²) >= 11 is 0. The largest absolute Gasteiger partial charge is 0.484 e. The predicted octanol–water partition coefficient (Wildman–Crippen LogP) is 4.05. The average molecular weight is 316 g/mol. The molecule has 0 heterocycles. The number of benzene rings is 1. The lowest BCUT2D eigenvalue weighted by molar-refractivity contribution is -0.123. The number of hydrogen-bond donors (Lipinski definition) is 1. The molecule has 0 unspecified atom stereocenters. The summed E-state index contributed by atoms with van der Waals surface area (Å²) in [4.78, 5) is 11.7. The fourth-order valence-corrected chi connectivity index (χ4v) is 2.73.